The van der Waals surface area contributed by atoms with Crippen molar-refractivity contribution in [3.8, 4) is 0 Å². The fraction of sp³-hybridized carbons (Fsp3) is 0.909. The Bertz CT molecular complexity index is 159. The van der Waals surface area contributed by atoms with Crippen molar-refractivity contribution < 1.29 is 19.4 Å². The van der Waals surface area contributed by atoms with Gasteiger partial charge in [0.1, 0.15) is 0 Å². The summed E-state index contributed by atoms with van der Waals surface area (Å²) in [7, 11) is 0. The first-order chi connectivity index (χ1) is 7.22. The van der Waals surface area contributed by atoms with Crippen LogP contribution in [0.4, 0.5) is 0 Å². The van der Waals surface area contributed by atoms with Gasteiger partial charge in [-0.2, -0.15) is 0 Å². The summed E-state index contributed by atoms with van der Waals surface area (Å²) in [5.74, 6) is -0.884. The van der Waals surface area contributed by atoms with Gasteiger partial charge in [-0.1, -0.05) is 26.7 Å². The van der Waals surface area contributed by atoms with Gasteiger partial charge in [0.25, 0.3) is 0 Å². The van der Waals surface area contributed by atoms with E-state index in [-0.39, 0.29) is 0 Å². The first-order valence-electron chi connectivity index (χ1n) is 5.64. The highest BCUT2D eigenvalue weighted by atomic mass is 16.5. The Morgan fingerprint density at radius 2 is 1.93 bits per heavy atom. The lowest BCUT2D eigenvalue weighted by atomic mass is 10.2. The molecule has 0 bridgehead atoms. The van der Waals surface area contributed by atoms with E-state index >= 15 is 0 Å². The van der Waals surface area contributed by atoms with Crippen LogP contribution in [0.15, 0.2) is 0 Å². The van der Waals surface area contributed by atoms with Crippen molar-refractivity contribution >= 4 is 5.97 Å². The Balaban J connectivity index is 3.41. The summed E-state index contributed by atoms with van der Waals surface area (Å²) in [5, 5.41) is 8.78. The number of rotatable bonds is 10. The van der Waals surface area contributed by atoms with Crippen molar-refractivity contribution in [1.82, 2.24) is 0 Å². The molecule has 0 saturated heterocycles. The van der Waals surface area contributed by atoms with Crippen LogP contribution in [-0.4, -0.2) is 37.0 Å². The maximum absolute atomic E-state index is 10.7. The first-order valence-corrected chi connectivity index (χ1v) is 5.64. The van der Waals surface area contributed by atoms with Gasteiger partial charge in [0, 0.05) is 6.61 Å². The van der Waals surface area contributed by atoms with Gasteiger partial charge in [-0.05, 0) is 12.8 Å². The molecule has 0 amide bonds. The summed E-state index contributed by atoms with van der Waals surface area (Å²) in [6, 6.07) is 0. The van der Waals surface area contributed by atoms with Crippen molar-refractivity contribution in [3.05, 3.63) is 0 Å². The highest BCUT2D eigenvalue weighted by molar-refractivity contribution is 5.72. The topological polar surface area (TPSA) is 55.8 Å². The molecule has 1 unspecified atom stereocenters. The van der Waals surface area contributed by atoms with E-state index in [4.69, 9.17) is 14.6 Å². The Morgan fingerprint density at radius 3 is 2.47 bits per heavy atom. The molecule has 1 atom stereocenters. The predicted octanol–water partition coefficient (Wildman–Crippen LogP) is 2.07. The maximum atomic E-state index is 10.7. The monoisotopic (exact) mass is 218 g/mol. The van der Waals surface area contributed by atoms with Crippen LogP contribution >= 0.6 is 0 Å². The Hall–Kier alpha value is -0.610. The molecule has 0 aromatic carbocycles. The molecule has 4 heteroatoms. The average molecular weight is 218 g/mol. The molecule has 0 spiro atoms. The second kappa shape index (κ2) is 9.93. The lowest BCUT2D eigenvalue weighted by Crippen LogP contribution is -2.25. The lowest BCUT2D eigenvalue weighted by molar-refractivity contribution is -0.151. The number of carboxylic acid groups (broad SMARTS) is 1. The summed E-state index contributed by atoms with van der Waals surface area (Å²) in [6.45, 7) is 5.61. The van der Waals surface area contributed by atoms with Crippen LogP contribution in [0.2, 0.25) is 0 Å². The van der Waals surface area contributed by atoms with Gasteiger partial charge in [0.05, 0.1) is 13.2 Å². The molecule has 0 aliphatic heterocycles. The van der Waals surface area contributed by atoms with Crippen molar-refractivity contribution in [3.63, 3.8) is 0 Å². The molecule has 0 aliphatic carbocycles. The third-order valence-electron chi connectivity index (χ3n) is 2.02. The number of carboxylic acids is 1. The predicted molar refractivity (Wildman–Crippen MR) is 58.0 cm³/mol. The highest BCUT2D eigenvalue weighted by Gasteiger charge is 2.15. The van der Waals surface area contributed by atoms with E-state index in [1.165, 1.54) is 0 Å². The van der Waals surface area contributed by atoms with Gasteiger partial charge in [-0.25, -0.2) is 4.79 Å². The number of hydrogen-bond donors (Lipinski definition) is 1. The van der Waals surface area contributed by atoms with Crippen molar-refractivity contribution in [2.45, 2.75) is 45.6 Å². The van der Waals surface area contributed by atoms with Crippen LogP contribution in [0.1, 0.15) is 39.5 Å². The molecule has 4 nitrogen and oxygen atoms in total. The summed E-state index contributed by atoms with van der Waals surface area (Å²) in [5.41, 5.74) is 0. The molecule has 0 heterocycles. The Morgan fingerprint density at radius 1 is 1.20 bits per heavy atom. The third kappa shape index (κ3) is 8.39. The summed E-state index contributed by atoms with van der Waals surface area (Å²) in [4.78, 5) is 10.7. The van der Waals surface area contributed by atoms with Crippen LogP contribution in [0.3, 0.4) is 0 Å². The number of hydrogen-bond acceptors (Lipinski definition) is 3. The largest absolute Gasteiger partial charge is 0.479 e. The van der Waals surface area contributed by atoms with Crippen molar-refractivity contribution in [2.75, 3.05) is 19.8 Å². The van der Waals surface area contributed by atoms with E-state index in [1.807, 2.05) is 6.92 Å². The zero-order chi connectivity index (χ0) is 11.5. The van der Waals surface area contributed by atoms with E-state index < -0.39 is 12.1 Å². The molecular formula is C11H22O4. The Kier molecular flexibility index (Phi) is 9.52. The molecular weight excluding hydrogens is 196 g/mol. The smallest absolute Gasteiger partial charge is 0.332 e. The van der Waals surface area contributed by atoms with Crippen molar-refractivity contribution in [2.24, 2.45) is 0 Å². The average Bonchev–Trinajstić information content (AvgIpc) is 2.21. The lowest BCUT2D eigenvalue weighted by Gasteiger charge is -2.12. The van der Waals surface area contributed by atoms with E-state index in [0.717, 1.165) is 25.9 Å². The van der Waals surface area contributed by atoms with Gasteiger partial charge >= 0.3 is 5.97 Å². The Labute approximate surface area is 91.6 Å². The fourth-order valence-corrected chi connectivity index (χ4v) is 1.14. The molecule has 0 aromatic heterocycles. The first kappa shape index (κ1) is 14.4. The summed E-state index contributed by atoms with van der Waals surface area (Å²) in [6.07, 6.45) is 2.84. The minimum Gasteiger partial charge on any atom is -0.479 e. The zero-order valence-corrected chi connectivity index (χ0v) is 9.70. The minimum atomic E-state index is -0.884. The molecule has 0 aliphatic rings. The molecule has 0 fully saturated rings. The molecule has 0 radical (unpaired) electrons. The molecule has 15 heavy (non-hydrogen) atoms. The van der Waals surface area contributed by atoms with Crippen LogP contribution < -0.4 is 0 Å². The van der Waals surface area contributed by atoms with Crippen LogP contribution in [-0.2, 0) is 14.3 Å². The second-order valence-corrected chi connectivity index (χ2v) is 3.45. The molecule has 0 rings (SSSR count). The second-order valence-electron chi connectivity index (χ2n) is 3.45. The fourth-order valence-electron chi connectivity index (χ4n) is 1.14. The van der Waals surface area contributed by atoms with Gasteiger partial charge in [-0.3, -0.25) is 0 Å². The number of aliphatic carboxylic acids is 1. The summed E-state index contributed by atoms with van der Waals surface area (Å²) < 4.78 is 10.5. The number of carbonyl (C=O) groups is 1. The SMILES string of the molecule is CCCCOCCOC(CCC)C(=O)O. The molecule has 0 aromatic rings. The quantitative estimate of drug-likeness (QED) is 0.570. The number of unbranched alkanes of at least 4 members (excludes halogenated alkanes) is 1. The zero-order valence-electron chi connectivity index (χ0n) is 9.70. The molecule has 90 valence electrons. The molecule has 0 saturated carbocycles. The van der Waals surface area contributed by atoms with Gasteiger partial charge in [0.15, 0.2) is 6.10 Å². The van der Waals surface area contributed by atoms with E-state index in [1.54, 1.807) is 0 Å². The third-order valence-corrected chi connectivity index (χ3v) is 2.02. The van der Waals surface area contributed by atoms with Crippen LogP contribution in [0.25, 0.3) is 0 Å². The normalized spacial score (nSPS) is 12.7. The maximum Gasteiger partial charge on any atom is 0.332 e. The highest BCUT2D eigenvalue weighted by Crippen LogP contribution is 2.02. The van der Waals surface area contributed by atoms with Gasteiger partial charge in [-0.15, -0.1) is 0 Å². The van der Waals surface area contributed by atoms with E-state index in [0.29, 0.717) is 19.6 Å². The van der Waals surface area contributed by atoms with Crippen LogP contribution in [0.5, 0.6) is 0 Å². The number of ether oxygens (including phenoxy) is 2. The minimum absolute atomic E-state index is 0.362. The van der Waals surface area contributed by atoms with E-state index in [9.17, 15) is 4.79 Å². The van der Waals surface area contributed by atoms with Gasteiger partial charge in [0.2, 0.25) is 0 Å². The molecule has 1 N–H and O–H groups in total. The van der Waals surface area contributed by atoms with Gasteiger partial charge < -0.3 is 14.6 Å². The van der Waals surface area contributed by atoms with E-state index in [2.05, 4.69) is 6.92 Å². The van der Waals surface area contributed by atoms with Crippen LogP contribution in [0, 0.1) is 0 Å². The van der Waals surface area contributed by atoms with Crippen molar-refractivity contribution in [1.29, 1.82) is 0 Å². The summed E-state index contributed by atoms with van der Waals surface area (Å²) >= 11 is 0. The standard InChI is InChI=1S/C11H22O4/c1-3-5-7-14-8-9-15-10(6-4-2)11(12)13/h10H,3-9H2,1-2H3,(H,12,13).